The maximum atomic E-state index is 14.3. The van der Waals surface area contributed by atoms with Crippen LogP contribution in [0, 0.1) is 0 Å². The van der Waals surface area contributed by atoms with Gasteiger partial charge in [0.15, 0.2) is 0 Å². The van der Waals surface area contributed by atoms with Crippen molar-refractivity contribution in [2.75, 3.05) is 6.54 Å². The third kappa shape index (κ3) is 4.04. The highest BCUT2D eigenvalue weighted by molar-refractivity contribution is 6.53. The van der Waals surface area contributed by atoms with Gasteiger partial charge in [0.1, 0.15) is 5.73 Å². The molecule has 1 fully saturated rings. The fraction of sp³-hybridized carbons (Fsp3) is 0.857. The number of rotatable bonds is 6. The Hall–Kier alpha value is -0.385. The van der Waals surface area contributed by atoms with Crippen molar-refractivity contribution in [2.24, 2.45) is 5.73 Å². The minimum atomic E-state index is -0.862. The number of allylic oxidation sites excluding steroid dienone is 1. The molecule has 19 heavy (non-hydrogen) atoms. The Balaban J connectivity index is 2.60. The molecule has 0 unspecified atom stereocenters. The van der Waals surface area contributed by atoms with Crippen molar-refractivity contribution >= 4 is 7.12 Å². The highest BCUT2D eigenvalue weighted by Gasteiger charge is 2.53. The van der Waals surface area contributed by atoms with Crippen molar-refractivity contribution in [1.82, 2.24) is 0 Å². The first-order valence-electron chi connectivity index (χ1n) is 7.12. The molecule has 0 aromatic heterocycles. The normalized spacial score (nSPS) is 22.6. The molecule has 0 aliphatic carbocycles. The van der Waals surface area contributed by atoms with Crippen LogP contribution in [0.3, 0.4) is 0 Å². The zero-order valence-corrected chi connectivity index (χ0v) is 12.9. The average Bonchev–Trinajstić information content (AvgIpc) is 2.53. The first kappa shape index (κ1) is 16.7. The molecular formula is C14H27BFNO2. The molecule has 3 nitrogen and oxygen atoms in total. The van der Waals surface area contributed by atoms with E-state index in [4.69, 9.17) is 15.0 Å². The zero-order valence-electron chi connectivity index (χ0n) is 12.9. The van der Waals surface area contributed by atoms with E-state index in [2.05, 4.69) is 0 Å². The van der Waals surface area contributed by atoms with Crippen LogP contribution in [0.15, 0.2) is 11.3 Å². The van der Waals surface area contributed by atoms with E-state index >= 15 is 0 Å². The van der Waals surface area contributed by atoms with Crippen LogP contribution in [0.2, 0.25) is 0 Å². The summed E-state index contributed by atoms with van der Waals surface area (Å²) in [5.41, 5.74) is 4.90. The van der Waals surface area contributed by atoms with Gasteiger partial charge in [0.2, 0.25) is 0 Å². The number of hydrogen-bond acceptors (Lipinski definition) is 3. The molecule has 0 aromatic carbocycles. The SMILES string of the molecule is CC(CCCCCN)=C(F)B1OC(C)(C)C(C)(C)O1. The van der Waals surface area contributed by atoms with Crippen molar-refractivity contribution in [3.63, 3.8) is 0 Å². The molecule has 0 bridgehead atoms. The van der Waals surface area contributed by atoms with Gasteiger partial charge in [-0.15, -0.1) is 0 Å². The van der Waals surface area contributed by atoms with Gasteiger partial charge in [-0.05, 0) is 66.0 Å². The van der Waals surface area contributed by atoms with Crippen molar-refractivity contribution in [3.05, 3.63) is 11.3 Å². The number of unbranched alkanes of at least 4 members (excludes halogenated alkanes) is 2. The summed E-state index contributed by atoms with van der Waals surface area (Å²) < 4.78 is 25.7. The van der Waals surface area contributed by atoms with Crippen molar-refractivity contribution < 1.29 is 13.7 Å². The van der Waals surface area contributed by atoms with Crippen LogP contribution in [0.5, 0.6) is 0 Å². The van der Waals surface area contributed by atoms with Crippen molar-refractivity contribution in [1.29, 1.82) is 0 Å². The van der Waals surface area contributed by atoms with Gasteiger partial charge >= 0.3 is 7.12 Å². The van der Waals surface area contributed by atoms with E-state index in [1.807, 2.05) is 34.6 Å². The minimum Gasteiger partial charge on any atom is -0.398 e. The largest absolute Gasteiger partial charge is 0.525 e. The van der Waals surface area contributed by atoms with Crippen molar-refractivity contribution in [3.8, 4) is 0 Å². The van der Waals surface area contributed by atoms with E-state index in [9.17, 15) is 4.39 Å². The molecule has 0 atom stereocenters. The Morgan fingerprint density at radius 3 is 2.05 bits per heavy atom. The van der Waals surface area contributed by atoms with E-state index in [1.54, 1.807) is 0 Å². The lowest BCUT2D eigenvalue weighted by Gasteiger charge is -2.32. The standard InChI is InChI=1S/C14H27BFNO2/c1-11(9-7-6-8-10-17)12(16)15-18-13(2,3)14(4,5)19-15/h6-10,17H2,1-5H3. The molecule has 1 heterocycles. The van der Waals surface area contributed by atoms with E-state index < -0.39 is 18.3 Å². The highest BCUT2D eigenvalue weighted by Crippen LogP contribution is 2.39. The molecule has 1 aliphatic heterocycles. The second-order valence-corrected chi connectivity index (χ2v) is 6.32. The molecule has 1 rings (SSSR count). The van der Waals surface area contributed by atoms with Gasteiger partial charge in [0.05, 0.1) is 11.2 Å². The second kappa shape index (κ2) is 6.38. The summed E-state index contributed by atoms with van der Waals surface area (Å²) in [5.74, 6) is 0. The summed E-state index contributed by atoms with van der Waals surface area (Å²) in [6.07, 6.45) is 3.71. The smallest absolute Gasteiger partial charge is 0.398 e. The van der Waals surface area contributed by atoms with Crippen LogP contribution in [-0.2, 0) is 9.31 Å². The van der Waals surface area contributed by atoms with Crippen LogP contribution in [0.25, 0.3) is 0 Å². The molecule has 2 N–H and O–H groups in total. The van der Waals surface area contributed by atoms with Crippen LogP contribution < -0.4 is 5.73 Å². The summed E-state index contributed by atoms with van der Waals surface area (Å²) >= 11 is 0. The molecular weight excluding hydrogens is 244 g/mol. The van der Waals surface area contributed by atoms with Gasteiger partial charge in [-0.2, -0.15) is 0 Å². The summed E-state index contributed by atoms with van der Waals surface area (Å²) in [5, 5.41) is 0. The third-order valence-corrected chi connectivity index (χ3v) is 4.12. The van der Waals surface area contributed by atoms with Gasteiger partial charge < -0.3 is 15.0 Å². The summed E-state index contributed by atoms with van der Waals surface area (Å²) in [4.78, 5) is 0. The van der Waals surface area contributed by atoms with Crippen LogP contribution >= 0.6 is 0 Å². The number of halogens is 1. The monoisotopic (exact) mass is 271 g/mol. The van der Waals surface area contributed by atoms with Crippen LogP contribution in [-0.4, -0.2) is 24.9 Å². The lowest BCUT2D eigenvalue weighted by Crippen LogP contribution is -2.41. The summed E-state index contributed by atoms with van der Waals surface area (Å²) in [6.45, 7) is 10.2. The Morgan fingerprint density at radius 1 is 1.05 bits per heavy atom. The molecule has 1 saturated heterocycles. The van der Waals surface area contributed by atoms with Crippen LogP contribution in [0.1, 0.15) is 60.3 Å². The fourth-order valence-electron chi connectivity index (χ4n) is 1.98. The van der Waals surface area contributed by atoms with Crippen LogP contribution in [0.4, 0.5) is 4.39 Å². The molecule has 0 spiro atoms. The molecule has 0 aromatic rings. The molecule has 0 amide bonds. The lowest BCUT2D eigenvalue weighted by molar-refractivity contribution is 0.00578. The summed E-state index contributed by atoms with van der Waals surface area (Å²) in [7, 11) is -0.862. The fourth-order valence-corrected chi connectivity index (χ4v) is 1.98. The Labute approximate surface area is 116 Å². The molecule has 5 heteroatoms. The molecule has 110 valence electrons. The lowest BCUT2D eigenvalue weighted by atomic mass is 9.84. The Morgan fingerprint density at radius 2 is 1.58 bits per heavy atom. The Bertz CT molecular complexity index is 326. The second-order valence-electron chi connectivity index (χ2n) is 6.32. The average molecular weight is 271 g/mol. The number of hydrogen-bond donors (Lipinski definition) is 1. The molecule has 0 radical (unpaired) electrons. The van der Waals surface area contributed by atoms with E-state index in [0.717, 1.165) is 31.3 Å². The summed E-state index contributed by atoms with van der Waals surface area (Å²) in [6, 6.07) is 0. The van der Waals surface area contributed by atoms with Gasteiger partial charge in [-0.1, -0.05) is 6.42 Å². The maximum Gasteiger partial charge on any atom is 0.525 e. The topological polar surface area (TPSA) is 44.5 Å². The van der Waals surface area contributed by atoms with Crippen molar-refractivity contribution in [2.45, 2.75) is 71.5 Å². The van der Waals surface area contributed by atoms with Gasteiger partial charge in [-0.25, -0.2) is 4.39 Å². The predicted octanol–water partition coefficient (Wildman–Crippen LogP) is 3.38. The Kier molecular flexibility index (Phi) is 5.59. The predicted molar refractivity (Wildman–Crippen MR) is 77.4 cm³/mol. The van der Waals surface area contributed by atoms with Gasteiger partial charge in [0, 0.05) is 0 Å². The first-order chi connectivity index (χ1) is 8.71. The van der Waals surface area contributed by atoms with E-state index in [1.165, 1.54) is 0 Å². The highest BCUT2D eigenvalue weighted by atomic mass is 19.1. The maximum absolute atomic E-state index is 14.3. The number of nitrogens with two attached hydrogens (primary N) is 1. The molecule has 1 aliphatic rings. The van der Waals surface area contributed by atoms with Gasteiger partial charge in [-0.3, -0.25) is 0 Å². The van der Waals surface area contributed by atoms with E-state index in [0.29, 0.717) is 6.54 Å². The van der Waals surface area contributed by atoms with Gasteiger partial charge in [0.25, 0.3) is 0 Å². The van der Waals surface area contributed by atoms with E-state index in [-0.39, 0.29) is 5.73 Å². The minimum absolute atomic E-state index is 0.272. The molecule has 0 saturated carbocycles. The first-order valence-corrected chi connectivity index (χ1v) is 7.12. The quantitative estimate of drug-likeness (QED) is 0.595. The zero-order chi connectivity index (χ0) is 14.7. The third-order valence-electron chi connectivity index (χ3n) is 4.12.